The van der Waals surface area contributed by atoms with Gasteiger partial charge >= 0.3 is 5.97 Å². The number of amides is 2. The van der Waals surface area contributed by atoms with Gasteiger partial charge in [0.2, 0.25) is 5.91 Å². The maximum atomic E-state index is 12.6. The smallest absolute Gasteiger partial charge is 0.303 e. The SMILES string of the molecule is CC1(C)CN=C(Nc2cccc(C(=O)NCC(=O)Nc3c(Cl)cc(Cl)cc3CCC(=O)O)c2)NC1. The van der Waals surface area contributed by atoms with E-state index in [9.17, 15) is 14.4 Å². The molecule has 0 saturated heterocycles. The van der Waals surface area contributed by atoms with Crippen molar-refractivity contribution in [3.8, 4) is 0 Å². The molecule has 2 amide bonds. The number of carbonyl (C=O) groups excluding carboxylic acids is 2. The third-order valence-electron chi connectivity index (χ3n) is 5.21. The van der Waals surface area contributed by atoms with Gasteiger partial charge in [0.25, 0.3) is 5.91 Å². The van der Waals surface area contributed by atoms with E-state index in [-0.39, 0.29) is 35.5 Å². The molecule has 9 nitrogen and oxygen atoms in total. The maximum Gasteiger partial charge on any atom is 0.303 e. The monoisotopic (exact) mass is 519 g/mol. The lowest BCUT2D eigenvalue weighted by Gasteiger charge is -2.29. The fraction of sp³-hybridized carbons (Fsp3) is 0.333. The molecule has 5 N–H and O–H groups in total. The number of nitrogens with zero attached hydrogens (tertiary/aromatic N) is 1. The van der Waals surface area contributed by atoms with Gasteiger partial charge in [-0.2, -0.15) is 0 Å². The summed E-state index contributed by atoms with van der Waals surface area (Å²) >= 11 is 12.2. The molecule has 1 aliphatic heterocycles. The Morgan fingerprint density at radius 3 is 2.63 bits per heavy atom. The summed E-state index contributed by atoms with van der Waals surface area (Å²) in [4.78, 5) is 40.5. The first-order valence-corrected chi connectivity index (χ1v) is 11.7. The minimum Gasteiger partial charge on any atom is -0.481 e. The van der Waals surface area contributed by atoms with Gasteiger partial charge in [-0.1, -0.05) is 43.1 Å². The van der Waals surface area contributed by atoms with Gasteiger partial charge < -0.3 is 26.4 Å². The molecule has 0 bridgehead atoms. The molecule has 0 aliphatic carbocycles. The highest BCUT2D eigenvalue weighted by Gasteiger charge is 2.22. The number of anilines is 2. The summed E-state index contributed by atoms with van der Waals surface area (Å²) in [6, 6.07) is 9.85. The number of aryl methyl sites for hydroxylation is 1. The fourth-order valence-corrected chi connectivity index (χ4v) is 3.92. The van der Waals surface area contributed by atoms with Crippen molar-refractivity contribution in [1.29, 1.82) is 0 Å². The van der Waals surface area contributed by atoms with E-state index in [0.717, 1.165) is 6.54 Å². The van der Waals surface area contributed by atoms with Crippen LogP contribution in [-0.4, -0.2) is 48.5 Å². The van der Waals surface area contributed by atoms with Crippen LogP contribution >= 0.6 is 23.2 Å². The number of carboxylic acid groups (broad SMARTS) is 1. The molecular formula is C24H27Cl2N5O4. The summed E-state index contributed by atoms with van der Waals surface area (Å²) in [5.74, 6) is -1.30. The topological polar surface area (TPSA) is 132 Å². The lowest BCUT2D eigenvalue weighted by molar-refractivity contribution is -0.137. The molecule has 0 spiro atoms. The van der Waals surface area contributed by atoms with Crippen LogP contribution in [0.3, 0.4) is 0 Å². The molecule has 1 aliphatic rings. The molecular weight excluding hydrogens is 493 g/mol. The minimum atomic E-state index is -0.988. The molecule has 3 rings (SSSR count). The lowest BCUT2D eigenvalue weighted by Crippen LogP contribution is -2.44. The quantitative estimate of drug-likeness (QED) is 0.360. The molecule has 0 radical (unpaired) electrons. The van der Waals surface area contributed by atoms with E-state index in [2.05, 4.69) is 40.1 Å². The van der Waals surface area contributed by atoms with Crippen LogP contribution in [0, 0.1) is 5.41 Å². The minimum absolute atomic E-state index is 0.0841. The number of guanidine groups is 1. The van der Waals surface area contributed by atoms with Crippen molar-refractivity contribution in [2.75, 3.05) is 30.3 Å². The lowest BCUT2D eigenvalue weighted by atomic mass is 9.93. The fourth-order valence-electron chi connectivity index (χ4n) is 3.34. The highest BCUT2D eigenvalue weighted by Crippen LogP contribution is 2.31. The van der Waals surface area contributed by atoms with Crippen molar-refractivity contribution < 1.29 is 19.5 Å². The Kier molecular flexibility index (Phi) is 8.58. The van der Waals surface area contributed by atoms with Crippen molar-refractivity contribution in [2.45, 2.75) is 26.7 Å². The number of rotatable bonds is 8. The van der Waals surface area contributed by atoms with E-state index in [4.69, 9.17) is 28.3 Å². The number of nitrogens with one attached hydrogen (secondary N) is 4. The Bertz CT molecular complexity index is 1170. The van der Waals surface area contributed by atoms with Crippen molar-refractivity contribution in [3.63, 3.8) is 0 Å². The van der Waals surface area contributed by atoms with Gasteiger partial charge in [0, 0.05) is 41.2 Å². The zero-order valence-corrected chi connectivity index (χ0v) is 20.9. The van der Waals surface area contributed by atoms with E-state index < -0.39 is 17.8 Å². The Morgan fingerprint density at radius 1 is 1.17 bits per heavy atom. The number of halogens is 2. The van der Waals surface area contributed by atoms with Crippen LogP contribution in [0.15, 0.2) is 41.4 Å². The second-order valence-electron chi connectivity index (χ2n) is 8.93. The number of benzene rings is 2. The number of hydrogen-bond donors (Lipinski definition) is 5. The van der Waals surface area contributed by atoms with E-state index in [1.807, 2.05) is 6.07 Å². The number of hydrogen-bond acceptors (Lipinski definition) is 6. The van der Waals surface area contributed by atoms with Crippen molar-refractivity contribution in [2.24, 2.45) is 10.4 Å². The highest BCUT2D eigenvalue weighted by molar-refractivity contribution is 6.37. The van der Waals surface area contributed by atoms with Gasteiger partial charge in [0.05, 0.1) is 17.3 Å². The first kappa shape index (κ1) is 26.3. The number of carboxylic acids is 1. The van der Waals surface area contributed by atoms with Crippen LogP contribution in [-0.2, 0) is 16.0 Å². The number of carbonyl (C=O) groups is 3. The van der Waals surface area contributed by atoms with Gasteiger partial charge in [0.15, 0.2) is 5.96 Å². The Balaban J connectivity index is 1.59. The second-order valence-corrected chi connectivity index (χ2v) is 9.78. The third kappa shape index (κ3) is 7.87. The van der Waals surface area contributed by atoms with E-state index in [0.29, 0.717) is 34.3 Å². The number of aliphatic imine (C=N–C) groups is 1. The Labute approximate surface area is 213 Å². The van der Waals surface area contributed by atoms with Crippen molar-refractivity contribution in [3.05, 3.63) is 57.6 Å². The largest absolute Gasteiger partial charge is 0.481 e. The number of aliphatic carboxylic acids is 1. The van der Waals surface area contributed by atoms with Gasteiger partial charge in [-0.15, -0.1) is 0 Å². The molecule has 35 heavy (non-hydrogen) atoms. The van der Waals surface area contributed by atoms with E-state index >= 15 is 0 Å². The van der Waals surface area contributed by atoms with Gasteiger partial charge in [0.1, 0.15) is 0 Å². The van der Waals surface area contributed by atoms with Gasteiger partial charge in [-0.3, -0.25) is 19.4 Å². The summed E-state index contributed by atoms with van der Waals surface area (Å²) in [5, 5.41) is 21.1. The highest BCUT2D eigenvalue weighted by atomic mass is 35.5. The molecule has 0 unspecified atom stereocenters. The van der Waals surface area contributed by atoms with Crippen LogP contribution in [0.1, 0.15) is 36.2 Å². The van der Waals surface area contributed by atoms with Crippen LogP contribution in [0.5, 0.6) is 0 Å². The second kappa shape index (κ2) is 11.4. The molecule has 1 heterocycles. The normalized spacial score (nSPS) is 14.3. The third-order valence-corrected chi connectivity index (χ3v) is 5.72. The average Bonchev–Trinajstić information content (AvgIpc) is 2.79. The predicted molar refractivity (Wildman–Crippen MR) is 138 cm³/mol. The zero-order valence-electron chi connectivity index (χ0n) is 19.4. The molecule has 0 saturated carbocycles. The molecule has 2 aromatic carbocycles. The molecule has 11 heteroatoms. The van der Waals surface area contributed by atoms with Crippen LogP contribution < -0.4 is 21.3 Å². The first-order chi connectivity index (χ1) is 16.5. The summed E-state index contributed by atoms with van der Waals surface area (Å²) in [7, 11) is 0. The Morgan fingerprint density at radius 2 is 1.94 bits per heavy atom. The standard InChI is InChI=1S/C24H27Cl2N5O4/c1-24(2)12-28-23(29-13-24)30-17-5-3-4-15(9-17)22(35)27-11-19(32)31-21-14(6-7-20(33)34)8-16(25)10-18(21)26/h3-5,8-10H,6-7,11-13H2,1-2H3,(H,27,35)(H,31,32)(H,33,34)(H2,28,29,30). The summed E-state index contributed by atoms with van der Waals surface area (Å²) in [6.45, 7) is 5.41. The molecule has 2 aromatic rings. The van der Waals surface area contributed by atoms with Crippen molar-refractivity contribution >= 4 is 58.3 Å². The maximum absolute atomic E-state index is 12.6. The van der Waals surface area contributed by atoms with Gasteiger partial charge in [-0.05, 0) is 42.3 Å². The van der Waals surface area contributed by atoms with Gasteiger partial charge in [-0.25, -0.2) is 0 Å². The predicted octanol–water partition coefficient (Wildman–Crippen LogP) is 3.78. The van der Waals surface area contributed by atoms with E-state index in [1.54, 1.807) is 24.3 Å². The summed E-state index contributed by atoms with van der Waals surface area (Å²) < 4.78 is 0. The molecule has 186 valence electrons. The van der Waals surface area contributed by atoms with Crippen molar-refractivity contribution in [1.82, 2.24) is 10.6 Å². The molecule has 0 atom stereocenters. The first-order valence-electron chi connectivity index (χ1n) is 11.0. The summed E-state index contributed by atoms with van der Waals surface area (Å²) in [6.07, 6.45) is -0.0185. The van der Waals surface area contributed by atoms with Crippen LogP contribution in [0.2, 0.25) is 10.0 Å². The Hall–Kier alpha value is -3.30. The molecule has 0 fully saturated rings. The molecule has 0 aromatic heterocycles. The average molecular weight is 520 g/mol. The van der Waals surface area contributed by atoms with E-state index in [1.165, 1.54) is 6.07 Å². The summed E-state index contributed by atoms with van der Waals surface area (Å²) in [5.41, 5.74) is 1.90. The van der Waals surface area contributed by atoms with Crippen LogP contribution in [0.4, 0.5) is 11.4 Å². The van der Waals surface area contributed by atoms with Crippen LogP contribution in [0.25, 0.3) is 0 Å². The zero-order chi connectivity index (χ0) is 25.6.